The Morgan fingerprint density at radius 1 is 0.765 bits per heavy atom. The molecule has 2 aromatic heterocycles. The van der Waals surface area contributed by atoms with Crippen LogP contribution < -0.4 is 9.58 Å². The average molecular weight is 921 g/mol. The molecule has 0 spiro atoms. The summed E-state index contributed by atoms with van der Waals surface area (Å²) in [5, 5.41) is 6.41. The first kappa shape index (κ1) is 35.7. The van der Waals surface area contributed by atoms with Crippen LogP contribution in [0.2, 0.25) is 36.9 Å². The number of pyridine rings is 2. The van der Waals surface area contributed by atoms with E-state index in [1.165, 1.54) is 49.0 Å². The largest absolute Gasteiger partial charge is 0 e. The van der Waals surface area contributed by atoms with Gasteiger partial charge in [-0.2, -0.15) is 0 Å². The van der Waals surface area contributed by atoms with Gasteiger partial charge in [-0.05, 0) is 16.3 Å². The molecule has 1 radical (unpaired) electrons. The molecule has 5 heteroatoms. The van der Waals surface area contributed by atoms with Gasteiger partial charge in [0.05, 0.1) is 8.07 Å². The molecule has 1 aliphatic carbocycles. The van der Waals surface area contributed by atoms with Gasteiger partial charge in [-0.1, -0.05) is 78.9 Å². The van der Waals surface area contributed by atoms with Crippen LogP contribution in [0.3, 0.4) is 0 Å². The van der Waals surface area contributed by atoms with E-state index in [0.29, 0.717) is 0 Å². The Kier molecular flexibility index (Phi) is 10.3. The van der Waals surface area contributed by atoms with Crippen LogP contribution in [0.5, 0.6) is 0 Å². The molecular formula is C46H46GeIrN2Si-2. The number of hydrogen-bond acceptors (Lipinski definition) is 2. The molecule has 0 fully saturated rings. The van der Waals surface area contributed by atoms with Crippen LogP contribution in [0.25, 0.3) is 55.2 Å². The predicted octanol–water partition coefficient (Wildman–Crippen LogP) is 11.2. The molecule has 51 heavy (non-hydrogen) atoms. The van der Waals surface area contributed by atoms with Crippen LogP contribution in [0.1, 0.15) is 37.8 Å². The minimum absolute atomic E-state index is 0. The van der Waals surface area contributed by atoms with Gasteiger partial charge in [-0.25, -0.2) is 0 Å². The number of aromatic nitrogens is 2. The van der Waals surface area contributed by atoms with Gasteiger partial charge in [0.15, 0.2) is 0 Å². The van der Waals surface area contributed by atoms with Crippen molar-refractivity contribution in [3.05, 3.63) is 144 Å². The fourth-order valence-electron chi connectivity index (χ4n) is 6.82. The summed E-state index contributed by atoms with van der Waals surface area (Å²) in [5.41, 5.74) is 10.4. The van der Waals surface area contributed by atoms with Gasteiger partial charge in [-0.15, -0.1) is 29.1 Å². The van der Waals surface area contributed by atoms with Crippen molar-refractivity contribution in [3.8, 4) is 33.6 Å². The minimum Gasteiger partial charge on any atom is 0 e. The smallest absolute Gasteiger partial charge is 0 e. The summed E-state index contributed by atoms with van der Waals surface area (Å²) in [4.78, 5) is 9.30. The summed E-state index contributed by atoms with van der Waals surface area (Å²) in [6, 6.07) is 43.7. The van der Waals surface area contributed by atoms with Crippen molar-refractivity contribution in [3.63, 3.8) is 0 Å². The molecule has 5 aromatic carbocycles. The molecule has 0 amide bonds. The van der Waals surface area contributed by atoms with E-state index < -0.39 is 27.2 Å². The molecule has 2 heterocycles. The van der Waals surface area contributed by atoms with Gasteiger partial charge in [0.25, 0.3) is 0 Å². The standard InChI is InChI=1S/C24H26GeN.C22H20NSi.Ir/c1-16(2)17-11-12-26-24(15-17)22-8-6-7-21-20-10-9-19(25(3,4)5)13-18(20)14-23(21)22;1-24(2,3)19-11-13-22(23-15-19)18-10-12-21-17(14-18)9-8-16-6-4-5-7-20(16)21;/h6-7,9-13,15-16H,14H2,1-5H3;4-9,11-15H,1-3H3;/q2*-1;/i16D;;. The van der Waals surface area contributed by atoms with E-state index in [1.807, 2.05) is 38.4 Å². The summed E-state index contributed by atoms with van der Waals surface area (Å²) in [7, 11) is -1.30. The maximum absolute atomic E-state index is 8.34. The Bertz CT molecular complexity index is 2400. The second-order valence-electron chi connectivity index (χ2n) is 15.8. The fourth-order valence-corrected chi connectivity index (χ4v) is 10.4. The molecule has 259 valence electrons. The van der Waals surface area contributed by atoms with E-state index in [1.54, 1.807) is 4.40 Å². The van der Waals surface area contributed by atoms with Crippen LogP contribution in [0.4, 0.5) is 0 Å². The molecule has 0 saturated heterocycles. The van der Waals surface area contributed by atoms with Crippen LogP contribution in [-0.2, 0) is 26.5 Å². The van der Waals surface area contributed by atoms with Gasteiger partial charge in [0, 0.05) is 26.3 Å². The third-order valence-electron chi connectivity index (χ3n) is 9.91. The number of fused-ring (bicyclic) bond motifs is 6. The zero-order valence-corrected chi connectivity index (χ0v) is 36.4. The van der Waals surface area contributed by atoms with Crippen LogP contribution in [0, 0.1) is 12.1 Å². The predicted molar refractivity (Wildman–Crippen MR) is 220 cm³/mol. The van der Waals surface area contributed by atoms with E-state index in [-0.39, 0.29) is 20.1 Å². The third kappa shape index (κ3) is 7.76. The molecule has 2 nitrogen and oxygen atoms in total. The van der Waals surface area contributed by atoms with E-state index in [4.69, 9.17) is 1.37 Å². The van der Waals surface area contributed by atoms with Gasteiger partial charge >= 0.3 is 161 Å². The summed E-state index contributed by atoms with van der Waals surface area (Å²) in [5.74, 6) is 6.70. The molecule has 0 N–H and O–H groups in total. The SMILES string of the molecule is C[Si](C)(C)c1ccc(-c2[c-]cc3c(ccc4ccccc43)c2)nc1.[2H]C(C)(C)c1ccnc(-c2[c-]ccc3c2Cc2c[c]([Ge]([CH3])([CH3])[CH3])ccc2-3)c1.[Ir]. The molecule has 0 atom stereocenters. The molecule has 0 saturated carbocycles. The van der Waals surface area contributed by atoms with Crippen LogP contribution in [-0.4, -0.2) is 31.3 Å². The Morgan fingerprint density at radius 2 is 1.55 bits per heavy atom. The van der Waals surface area contributed by atoms with E-state index in [2.05, 4.69) is 150 Å². The van der Waals surface area contributed by atoms with E-state index in [0.717, 1.165) is 34.5 Å². The number of benzene rings is 5. The number of rotatable bonds is 5. The Balaban J connectivity index is 0.000000176. The Morgan fingerprint density at radius 3 is 2.27 bits per heavy atom. The first-order valence-corrected chi connectivity index (χ1v) is 28.5. The van der Waals surface area contributed by atoms with Gasteiger partial charge in [-0.3, -0.25) is 0 Å². The Labute approximate surface area is 322 Å². The van der Waals surface area contributed by atoms with Crippen LogP contribution >= 0.6 is 0 Å². The summed E-state index contributed by atoms with van der Waals surface area (Å²) >= 11 is -1.84. The monoisotopic (exact) mass is 922 g/mol. The third-order valence-corrected chi connectivity index (χ3v) is 16.2. The molecule has 8 rings (SSSR count). The second-order valence-corrected chi connectivity index (χ2v) is 31.5. The fraction of sp³-hybridized carbons (Fsp3) is 0.217. The van der Waals surface area contributed by atoms with Crippen molar-refractivity contribution < 1.29 is 21.5 Å². The van der Waals surface area contributed by atoms with Gasteiger partial charge < -0.3 is 4.98 Å². The molecular weight excluding hydrogens is 873 g/mol. The quantitative estimate of drug-likeness (QED) is 0.0977. The van der Waals surface area contributed by atoms with Crippen molar-refractivity contribution in [2.75, 3.05) is 0 Å². The zero-order valence-electron chi connectivity index (χ0n) is 31.9. The van der Waals surface area contributed by atoms with Crippen molar-refractivity contribution >= 4 is 52.5 Å². The van der Waals surface area contributed by atoms with Crippen molar-refractivity contribution in [2.45, 2.75) is 63.1 Å². The van der Waals surface area contributed by atoms with E-state index in [9.17, 15) is 0 Å². The molecule has 0 unspecified atom stereocenters. The first-order valence-electron chi connectivity index (χ1n) is 18.1. The minimum atomic E-state index is -1.84. The van der Waals surface area contributed by atoms with Crippen molar-refractivity contribution in [1.82, 2.24) is 9.97 Å². The van der Waals surface area contributed by atoms with Crippen LogP contribution in [0.15, 0.2) is 116 Å². The maximum Gasteiger partial charge on any atom is 0 e. The summed E-state index contributed by atoms with van der Waals surface area (Å²) in [6.07, 6.45) is 4.81. The summed E-state index contributed by atoms with van der Waals surface area (Å²) < 4.78 is 9.90. The van der Waals surface area contributed by atoms with Gasteiger partial charge in [0.2, 0.25) is 0 Å². The van der Waals surface area contributed by atoms with Crippen molar-refractivity contribution in [1.29, 1.82) is 0 Å². The zero-order chi connectivity index (χ0) is 36.1. The topological polar surface area (TPSA) is 25.8 Å². The number of nitrogens with zero attached hydrogens (tertiary/aromatic N) is 2. The summed E-state index contributed by atoms with van der Waals surface area (Å²) in [6.45, 7) is 10.9. The Hall–Kier alpha value is -3.67. The molecule has 0 bridgehead atoms. The molecule has 7 aromatic rings. The molecule has 1 aliphatic rings. The average Bonchev–Trinajstić information content (AvgIpc) is 3.49. The van der Waals surface area contributed by atoms with E-state index >= 15 is 0 Å². The normalized spacial score (nSPS) is 12.7. The number of hydrogen-bond donors (Lipinski definition) is 0. The first-order chi connectivity index (χ1) is 24.2. The second kappa shape index (κ2) is 14.8. The van der Waals surface area contributed by atoms with Crippen molar-refractivity contribution in [2.24, 2.45) is 0 Å². The van der Waals surface area contributed by atoms with Gasteiger partial charge in [0.1, 0.15) is 0 Å². The molecule has 0 aliphatic heterocycles. The maximum atomic E-state index is 8.34.